The number of rotatable bonds is 4. The van der Waals surface area contributed by atoms with Gasteiger partial charge in [0, 0.05) is 9.92 Å². The molecule has 0 saturated heterocycles. The summed E-state index contributed by atoms with van der Waals surface area (Å²) in [7, 11) is 0. The van der Waals surface area contributed by atoms with Gasteiger partial charge < -0.3 is 4.74 Å². The minimum absolute atomic E-state index is 0.199. The molecule has 16 heavy (non-hydrogen) atoms. The van der Waals surface area contributed by atoms with Crippen LogP contribution in [0.2, 0.25) is 5.02 Å². The molecule has 0 atom stereocenters. The first-order valence-electron chi connectivity index (χ1n) is 4.65. The lowest BCUT2D eigenvalue weighted by atomic mass is 10.2. The van der Waals surface area contributed by atoms with Crippen molar-refractivity contribution in [3.8, 4) is 6.07 Å². The molecule has 0 radical (unpaired) electrons. The second-order valence-electron chi connectivity index (χ2n) is 2.85. The van der Waals surface area contributed by atoms with Crippen LogP contribution in [0.3, 0.4) is 0 Å². The number of nitriles is 1. The Morgan fingerprint density at radius 1 is 1.62 bits per heavy atom. The first kappa shape index (κ1) is 12.9. The molecule has 0 bridgehead atoms. The second-order valence-corrected chi connectivity index (χ2v) is 4.30. The van der Waals surface area contributed by atoms with Crippen molar-refractivity contribution in [2.45, 2.75) is 11.8 Å². The average Bonchev–Trinajstić information content (AvgIpc) is 2.27. The zero-order valence-electron chi connectivity index (χ0n) is 8.70. The van der Waals surface area contributed by atoms with E-state index < -0.39 is 0 Å². The Labute approximate surface area is 103 Å². The number of hydrogen-bond acceptors (Lipinski definition) is 4. The minimum atomic E-state index is -0.286. The Kier molecular flexibility index (Phi) is 5.17. The highest BCUT2D eigenvalue weighted by Gasteiger charge is 2.07. The summed E-state index contributed by atoms with van der Waals surface area (Å²) in [6, 6.07) is 7.03. The van der Waals surface area contributed by atoms with Crippen LogP contribution in [0.4, 0.5) is 0 Å². The number of halogens is 1. The number of hydrogen-bond donors (Lipinski definition) is 0. The third-order valence-electron chi connectivity index (χ3n) is 1.71. The minimum Gasteiger partial charge on any atom is -0.465 e. The van der Waals surface area contributed by atoms with Crippen molar-refractivity contribution in [2.75, 3.05) is 12.4 Å². The molecular formula is C11H10ClNO2S. The van der Waals surface area contributed by atoms with Gasteiger partial charge in [0.25, 0.3) is 0 Å². The van der Waals surface area contributed by atoms with Crippen LogP contribution in [0.15, 0.2) is 23.1 Å². The fraction of sp³-hybridized carbons (Fsp3) is 0.273. The molecule has 1 aromatic carbocycles. The molecule has 0 amide bonds. The molecule has 0 aliphatic carbocycles. The van der Waals surface area contributed by atoms with Crippen LogP contribution in [-0.4, -0.2) is 18.3 Å². The molecule has 3 nitrogen and oxygen atoms in total. The maximum atomic E-state index is 11.1. The topological polar surface area (TPSA) is 50.1 Å². The summed E-state index contributed by atoms with van der Waals surface area (Å²) < 4.78 is 4.79. The standard InChI is InChI=1S/C11H10ClNO2S/c1-2-15-11(14)7-16-10-4-3-9(12)5-8(10)6-13/h3-5H,2,7H2,1H3. The van der Waals surface area contributed by atoms with Gasteiger partial charge in [-0.2, -0.15) is 5.26 Å². The van der Waals surface area contributed by atoms with Crippen molar-refractivity contribution < 1.29 is 9.53 Å². The van der Waals surface area contributed by atoms with Crippen molar-refractivity contribution in [3.05, 3.63) is 28.8 Å². The van der Waals surface area contributed by atoms with Gasteiger partial charge in [-0.25, -0.2) is 0 Å². The Morgan fingerprint density at radius 2 is 2.38 bits per heavy atom. The Balaban J connectivity index is 2.67. The Hall–Kier alpha value is -1.18. The first-order valence-corrected chi connectivity index (χ1v) is 6.01. The SMILES string of the molecule is CCOC(=O)CSc1ccc(Cl)cc1C#N. The van der Waals surface area contributed by atoms with E-state index in [1.54, 1.807) is 25.1 Å². The number of thioether (sulfide) groups is 1. The molecule has 84 valence electrons. The average molecular weight is 256 g/mol. The molecule has 0 unspecified atom stereocenters. The highest BCUT2D eigenvalue weighted by atomic mass is 35.5. The molecule has 1 aromatic rings. The largest absolute Gasteiger partial charge is 0.465 e. The molecule has 0 saturated carbocycles. The predicted octanol–water partition coefficient (Wildman–Crippen LogP) is 2.87. The van der Waals surface area contributed by atoms with E-state index in [-0.39, 0.29) is 11.7 Å². The van der Waals surface area contributed by atoms with E-state index in [0.29, 0.717) is 17.2 Å². The van der Waals surface area contributed by atoms with Crippen LogP contribution in [-0.2, 0) is 9.53 Å². The molecule has 5 heteroatoms. The predicted molar refractivity (Wildman–Crippen MR) is 63.5 cm³/mol. The summed E-state index contributed by atoms with van der Waals surface area (Å²) >= 11 is 7.03. The lowest BCUT2D eigenvalue weighted by molar-refractivity contribution is -0.139. The summed E-state index contributed by atoms with van der Waals surface area (Å²) in [4.78, 5) is 11.9. The van der Waals surface area contributed by atoms with Crippen molar-refractivity contribution in [2.24, 2.45) is 0 Å². The number of ether oxygens (including phenoxy) is 1. The van der Waals surface area contributed by atoms with Gasteiger partial charge in [-0.3, -0.25) is 4.79 Å². The highest BCUT2D eigenvalue weighted by Crippen LogP contribution is 2.25. The summed E-state index contributed by atoms with van der Waals surface area (Å²) in [5, 5.41) is 9.38. The lowest BCUT2D eigenvalue weighted by Gasteiger charge is -2.04. The monoisotopic (exact) mass is 255 g/mol. The van der Waals surface area contributed by atoms with E-state index in [9.17, 15) is 4.79 Å². The number of carbonyl (C=O) groups is 1. The van der Waals surface area contributed by atoms with Crippen LogP contribution in [0, 0.1) is 11.3 Å². The van der Waals surface area contributed by atoms with Crippen molar-refractivity contribution >= 4 is 29.3 Å². The normalized spacial score (nSPS) is 9.56. The van der Waals surface area contributed by atoms with Crippen LogP contribution in [0.1, 0.15) is 12.5 Å². The van der Waals surface area contributed by atoms with Gasteiger partial charge in [0.2, 0.25) is 0 Å². The number of nitrogens with zero attached hydrogens (tertiary/aromatic N) is 1. The third kappa shape index (κ3) is 3.76. The summed E-state index contributed by atoms with van der Waals surface area (Å²) in [5.74, 6) is -0.0872. The second kappa shape index (κ2) is 6.41. The quantitative estimate of drug-likeness (QED) is 0.613. The first-order chi connectivity index (χ1) is 7.67. The Bertz CT molecular complexity index is 428. The third-order valence-corrected chi connectivity index (χ3v) is 3.00. The molecule has 0 aliphatic rings. The van der Waals surface area contributed by atoms with E-state index in [2.05, 4.69) is 0 Å². The molecule has 0 spiro atoms. The number of esters is 1. The highest BCUT2D eigenvalue weighted by molar-refractivity contribution is 8.00. The van der Waals surface area contributed by atoms with Gasteiger partial charge >= 0.3 is 5.97 Å². The molecular weight excluding hydrogens is 246 g/mol. The van der Waals surface area contributed by atoms with Crippen LogP contribution in [0.25, 0.3) is 0 Å². The van der Waals surface area contributed by atoms with Gasteiger partial charge in [-0.15, -0.1) is 11.8 Å². The van der Waals surface area contributed by atoms with Crippen molar-refractivity contribution in [3.63, 3.8) is 0 Å². The maximum absolute atomic E-state index is 11.1. The molecule has 0 aromatic heterocycles. The van der Waals surface area contributed by atoms with Gasteiger partial charge in [0.05, 0.1) is 17.9 Å². The molecule has 0 aliphatic heterocycles. The zero-order chi connectivity index (χ0) is 12.0. The van der Waals surface area contributed by atoms with Gasteiger partial charge in [-0.1, -0.05) is 11.6 Å². The Morgan fingerprint density at radius 3 is 3.00 bits per heavy atom. The van der Waals surface area contributed by atoms with Crippen molar-refractivity contribution in [1.29, 1.82) is 5.26 Å². The smallest absolute Gasteiger partial charge is 0.316 e. The zero-order valence-corrected chi connectivity index (χ0v) is 10.3. The summed E-state index contributed by atoms with van der Waals surface area (Å²) in [6.07, 6.45) is 0. The van der Waals surface area contributed by atoms with E-state index in [4.69, 9.17) is 21.6 Å². The van der Waals surface area contributed by atoms with E-state index >= 15 is 0 Å². The molecule has 0 N–H and O–H groups in total. The fourth-order valence-corrected chi connectivity index (χ4v) is 2.01. The van der Waals surface area contributed by atoms with Gasteiger partial charge in [0.1, 0.15) is 6.07 Å². The van der Waals surface area contributed by atoms with Crippen LogP contribution < -0.4 is 0 Å². The van der Waals surface area contributed by atoms with Crippen LogP contribution >= 0.6 is 23.4 Å². The lowest BCUT2D eigenvalue weighted by Crippen LogP contribution is -2.06. The fourth-order valence-electron chi connectivity index (χ4n) is 1.05. The van der Waals surface area contributed by atoms with E-state index in [1.807, 2.05) is 6.07 Å². The van der Waals surface area contributed by atoms with Gasteiger partial charge in [-0.05, 0) is 25.1 Å². The number of benzene rings is 1. The molecule has 1 rings (SSSR count). The maximum Gasteiger partial charge on any atom is 0.316 e. The van der Waals surface area contributed by atoms with Gasteiger partial charge in [0.15, 0.2) is 0 Å². The molecule has 0 fully saturated rings. The number of carbonyl (C=O) groups excluding carboxylic acids is 1. The van der Waals surface area contributed by atoms with E-state index in [0.717, 1.165) is 4.90 Å². The van der Waals surface area contributed by atoms with Crippen LogP contribution in [0.5, 0.6) is 0 Å². The molecule has 0 heterocycles. The summed E-state index contributed by atoms with van der Waals surface area (Å²) in [5.41, 5.74) is 0.474. The van der Waals surface area contributed by atoms with E-state index in [1.165, 1.54) is 11.8 Å². The summed E-state index contributed by atoms with van der Waals surface area (Å²) in [6.45, 7) is 2.12. The van der Waals surface area contributed by atoms with Crippen molar-refractivity contribution in [1.82, 2.24) is 0 Å².